The van der Waals surface area contributed by atoms with Gasteiger partial charge in [-0.2, -0.15) is 0 Å². The molecule has 0 bridgehead atoms. The van der Waals surface area contributed by atoms with Gasteiger partial charge in [0.1, 0.15) is 0 Å². The van der Waals surface area contributed by atoms with Crippen LogP contribution in [0, 0.1) is 0 Å². The predicted molar refractivity (Wildman–Crippen MR) is 70.1 cm³/mol. The number of carbonyl (C=O) groups is 2. The number of hydrogen-bond donors (Lipinski definition) is 3. The molecule has 1 rings (SSSR count). The van der Waals surface area contributed by atoms with E-state index in [9.17, 15) is 9.59 Å². The van der Waals surface area contributed by atoms with Gasteiger partial charge in [0.25, 0.3) is 0 Å². The van der Waals surface area contributed by atoms with Crippen molar-refractivity contribution in [2.75, 3.05) is 6.54 Å². The van der Waals surface area contributed by atoms with E-state index in [-0.39, 0.29) is 18.4 Å². The molecule has 0 radical (unpaired) electrons. The van der Waals surface area contributed by atoms with E-state index in [1.165, 1.54) is 0 Å². The number of primary amides is 1. The number of benzene rings is 1. The molecule has 0 aliphatic rings. The van der Waals surface area contributed by atoms with Gasteiger partial charge in [0, 0.05) is 24.5 Å². The van der Waals surface area contributed by atoms with Gasteiger partial charge in [-0.05, 0) is 24.1 Å². The highest BCUT2D eigenvalue weighted by Crippen LogP contribution is 2.08. The summed E-state index contributed by atoms with van der Waals surface area (Å²) in [5.74, 6) is -0.363. The van der Waals surface area contributed by atoms with Gasteiger partial charge in [-0.1, -0.05) is 23.7 Å². The molecule has 6 heteroatoms. The Bertz CT molecular complexity index is 406. The second-order valence-electron chi connectivity index (χ2n) is 3.81. The van der Waals surface area contributed by atoms with Crippen LogP contribution < -0.4 is 16.4 Å². The first kappa shape index (κ1) is 14.3. The van der Waals surface area contributed by atoms with Crippen LogP contribution in [0.15, 0.2) is 24.3 Å². The van der Waals surface area contributed by atoms with Crippen molar-refractivity contribution in [2.24, 2.45) is 5.73 Å². The van der Waals surface area contributed by atoms with E-state index in [0.29, 0.717) is 24.5 Å². The molecule has 1 aromatic rings. The zero-order chi connectivity index (χ0) is 13.4. The molecule has 0 fully saturated rings. The predicted octanol–water partition coefficient (Wildman–Crippen LogP) is 1.40. The van der Waals surface area contributed by atoms with E-state index >= 15 is 0 Å². The lowest BCUT2D eigenvalue weighted by molar-refractivity contribution is -0.118. The highest BCUT2D eigenvalue weighted by atomic mass is 35.5. The zero-order valence-corrected chi connectivity index (χ0v) is 10.7. The van der Waals surface area contributed by atoms with Crippen LogP contribution in [0.25, 0.3) is 0 Å². The largest absolute Gasteiger partial charge is 0.370 e. The lowest BCUT2D eigenvalue weighted by Crippen LogP contribution is -2.35. The lowest BCUT2D eigenvalue weighted by Gasteiger charge is -2.07. The number of halogens is 1. The number of carbonyl (C=O) groups excluding carboxylic acids is 2. The molecule has 4 N–H and O–H groups in total. The van der Waals surface area contributed by atoms with Crippen LogP contribution >= 0.6 is 11.6 Å². The summed E-state index contributed by atoms with van der Waals surface area (Å²) in [7, 11) is 0. The molecule has 3 amide bonds. The van der Waals surface area contributed by atoms with Crippen molar-refractivity contribution in [2.45, 2.75) is 19.4 Å². The molecule has 0 aliphatic carbocycles. The van der Waals surface area contributed by atoms with Crippen LogP contribution in [0.2, 0.25) is 5.02 Å². The van der Waals surface area contributed by atoms with Gasteiger partial charge >= 0.3 is 6.03 Å². The highest BCUT2D eigenvalue weighted by Gasteiger charge is 2.00. The molecule has 5 nitrogen and oxygen atoms in total. The van der Waals surface area contributed by atoms with Crippen LogP contribution in [0.5, 0.6) is 0 Å². The Hall–Kier alpha value is -1.75. The Morgan fingerprint density at radius 2 is 1.83 bits per heavy atom. The van der Waals surface area contributed by atoms with Crippen LogP contribution in [-0.4, -0.2) is 18.5 Å². The number of nitrogens with one attached hydrogen (secondary N) is 2. The van der Waals surface area contributed by atoms with Gasteiger partial charge in [-0.25, -0.2) is 4.79 Å². The van der Waals surface area contributed by atoms with E-state index in [0.717, 1.165) is 5.56 Å². The van der Waals surface area contributed by atoms with E-state index in [2.05, 4.69) is 10.6 Å². The van der Waals surface area contributed by atoms with E-state index < -0.39 is 0 Å². The first-order valence-corrected chi connectivity index (χ1v) is 6.00. The number of urea groups is 1. The maximum atomic E-state index is 11.4. The number of hydrogen-bond acceptors (Lipinski definition) is 2. The Balaban J connectivity index is 2.17. The minimum atomic E-state index is -0.363. The van der Waals surface area contributed by atoms with Gasteiger partial charge in [0.2, 0.25) is 5.91 Å². The molecule has 0 spiro atoms. The van der Waals surface area contributed by atoms with Crippen molar-refractivity contribution in [1.82, 2.24) is 10.6 Å². The van der Waals surface area contributed by atoms with Crippen molar-refractivity contribution in [3.63, 3.8) is 0 Å². The first-order valence-electron chi connectivity index (χ1n) is 5.62. The minimum Gasteiger partial charge on any atom is -0.370 e. The number of rotatable bonds is 6. The molecule has 0 aromatic heterocycles. The fourth-order valence-corrected chi connectivity index (χ4v) is 1.44. The summed E-state index contributed by atoms with van der Waals surface area (Å²) >= 11 is 5.75. The average Bonchev–Trinajstić information content (AvgIpc) is 2.34. The summed E-state index contributed by atoms with van der Waals surface area (Å²) < 4.78 is 0. The van der Waals surface area contributed by atoms with Crippen molar-refractivity contribution < 1.29 is 9.59 Å². The molecule has 98 valence electrons. The molecular formula is C12H16ClN3O2. The second kappa shape index (κ2) is 7.55. The summed E-state index contributed by atoms with van der Waals surface area (Å²) in [5, 5.41) is 5.99. The number of amides is 3. The van der Waals surface area contributed by atoms with Gasteiger partial charge < -0.3 is 16.4 Å². The van der Waals surface area contributed by atoms with E-state index in [4.69, 9.17) is 17.3 Å². The normalized spacial score (nSPS) is 9.83. The third-order valence-electron chi connectivity index (χ3n) is 2.25. The standard InChI is InChI=1S/C12H16ClN3O2/c13-10-5-3-9(4-6-10)8-16-12(18)15-7-1-2-11(14)17/h3-6H,1-2,7-8H2,(H2,14,17)(H2,15,16,18). The fraction of sp³-hybridized carbons (Fsp3) is 0.333. The Labute approximate surface area is 111 Å². The molecule has 0 heterocycles. The third-order valence-corrected chi connectivity index (χ3v) is 2.50. The van der Waals surface area contributed by atoms with E-state index in [1.54, 1.807) is 12.1 Å². The van der Waals surface area contributed by atoms with Crippen LogP contribution in [0.1, 0.15) is 18.4 Å². The molecule has 0 saturated carbocycles. The topological polar surface area (TPSA) is 84.2 Å². The highest BCUT2D eigenvalue weighted by molar-refractivity contribution is 6.30. The summed E-state index contributed by atoms with van der Waals surface area (Å²) in [5.41, 5.74) is 5.94. The maximum absolute atomic E-state index is 11.4. The summed E-state index contributed by atoms with van der Waals surface area (Å²) in [4.78, 5) is 21.8. The first-order chi connectivity index (χ1) is 8.58. The summed E-state index contributed by atoms with van der Waals surface area (Å²) in [6.07, 6.45) is 0.821. The van der Waals surface area contributed by atoms with Crippen molar-refractivity contribution >= 4 is 23.5 Å². The average molecular weight is 270 g/mol. The van der Waals surface area contributed by atoms with Crippen LogP contribution in [0.4, 0.5) is 4.79 Å². The van der Waals surface area contributed by atoms with Crippen LogP contribution in [0.3, 0.4) is 0 Å². The molecular weight excluding hydrogens is 254 g/mol. The quantitative estimate of drug-likeness (QED) is 0.682. The number of nitrogens with two attached hydrogens (primary N) is 1. The van der Waals surface area contributed by atoms with Gasteiger partial charge in [-0.15, -0.1) is 0 Å². The smallest absolute Gasteiger partial charge is 0.315 e. The Morgan fingerprint density at radius 1 is 1.17 bits per heavy atom. The molecule has 0 unspecified atom stereocenters. The third kappa shape index (κ3) is 6.10. The molecule has 0 aliphatic heterocycles. The van der Waals surface area contributed by atoms with Gasteiger partial charge in [0.15, 0.2) is 0 Å². The molecule has 0 saturated heterocycles. The monoisotopic (exact) mass is 269 g/mol. The molecule has 0 atom stereocenters. The fourth-order valence-electron chi connectivity index (χ4n) is 1.31. The molecule has 1 aromatic carbocycles. The second-order valence-corrected chi connectivity index (χ2v) is 4.24. The zero-order valence-electron chi connectivity index (χ0n) is 9.91. The van der Waals surface area contributed by atoms with E-state index in [1.807, 2.05) is 12.1 Å². The van der Waals surface area contributed by atoms with Crippen molar-refractivity contribution in [1.29, 1.82) is 0 Å². The SMILES string of the molecule is NC(=O)CCCNC(=O)NCc1ccc(Cl)cc1. The van der Waals surface area contributed by atoms with Crippen LogP contribution in [-0.2, 0) is 11.3 Å². The Kier molecular flexibility index (Phi) is 6.00. The molecule has 18 heavy (non-hydrogen) atoms. The maximum Gasteiger partial charge on any atom is 0.315 e. The lowest BCUT2D eigenvalue weighted by atomic mass is 10.2. The Morgan fingerprint density at radius 3 is 2.44 bits per heavy atom. The van der Waals surface area contributed by atoms with Gasteiger partial charge in [-0.3, -0.25) is 4.79 Å². The summed E-state index contributed by atoms with van der Waals surface area (Å²) in [6.45, 7) is 0.855. The van der Waals surface area contributed by atoms with Crippen molar-refractivity contribution in [3.8, 4) is 0 Å². The van der Waals surface area contributed by atoms with Crippen molar-refractivity contribution in [3.05, 3.63) is 34.9 Å². The summed E-state index contributed by atoms with van der Waals surface area (Å²) in [6, 6.07) is 6.95. The minimum absolute atomic E-state index is 0.269. The van der Waals surface area contributed by atoms with Gasteiger partial charge in [0.05, 0.1) is 0 Å².